The van der Waals surface area contributed by atoms with Crippen molar-refractivity contribution in [3.05, 3.63) is 24.3 Å². The molecule has 0 spiro atoms. The van der Waals surface area contributed by atoms with E-state index >= 15 is 0 Å². The molecule has 116 valence electrons. The maximum absolute atomic E-state index is 12.7. The van der Waals surface area contributed by atoms with Crippen LogP contribution in [0.3, 0.4) is 0 Å². The van der Waals surface area contributed by atoms with Gasteiger partial charge in [-0.25, -0.2) is 8.42 Å². The highest BCUT2D eigenvalue weighted by Crippen LogP contribution is 2.27. The summed E-state index contributed by atoms with van der Waals surface area (Å²) >= 11 is 0. The number of carbonyl (C=O) groups excluding carboxylic acids is 1. The zero-order valence-electron chi connectivity index (χ0n) is 12.5. The van der Waals surface area contributed by atoms with Crippen molar-refractivity contribution in [1.82, 2.24) is 4.31 Å². The molecule has 1 fully saturated rings. The topological polar surface area (TPSA) is 66.5 Å². The minimum Gasteiger partial charge on any atom is -0.326 e. The Kier molecular flexibility index (Phi) is 5.00. The summed E-state index contributed by atoms with van der Waals surface area (Å²) in [5.74, 6) is -0.217. The lowest BCUT2D eigenvalue weighted by Gasteiger charge is -2.30. The summed E-state index contributed by atoms with van der Waals surface area (Å²) in [5.41, 5.74) is 0.501. The van der Waals surface area contributed by atoms with Gasteiger partial charge in [-0.3, -0.25) is 4.79 Å². The van der Waals surface area contributed by atoms with E-state index in [9.17, 15) is 13.2 Å². The standard InChI is InChI=1S/C15H22N2O3S/c1-12(18)16-13-7-6-10-15(11-13)21(19,20)17(2)14-8-4-3-5-9-14/h6-7,10-11,14H,3-5,8-9H2,1-2H3,(H,16,18). The number of amides is 1. The zero-order chi connectivity index (χ0) is 15.5. The van der Waals surface area contributed by atoms with Crippen molar-refractivity contribution in [3.8, 4) is 0 Å². The normalized spacial score (nSPS) is 16.9. The molecule has 0 aromatic heterocycles. The molecule has 0 saturated heterocycles. The number of rotatable bonds is 4. The van der Waals surface area contributed by atoms with Crippen LogP contribution in [0.5, 0.6) is 0 Å². The largest absolute Gasteiger partial charge is 0.326 e. The van der Waals surface area contributed by atoms with E-state index in [0.29, 0.717) is 5.69 Å². The molecule has 1 amide bonds. The van der Waals surface area contributed by atoms with E-state index in [-0.39, 0.29) is 16.8 Å². The first-order chi connectivity index (χ1) is 9.91. The molecule has 0 bridgehead atoms. The molecule has 0 atom stereocenters. The van der Waals surface area contributed by atoms with E-state index in [1.807, 2.05) is 0 Å². The second-order valence-corrected chi connectivity index (χ2v) is 7.52. The van der Waals surface area contributed by atoms with Crippen LogP contribution in [0.1, 0.15) is 39.0 Å². The number of nitrogens with zero attached hydrogens (tertiary/aromatic N) is 1. The molecule has 1 aliphatic carbocycles. The summed E-state index contributed by atoms with van der Waals surface area (Å²) in [4.78, 5) is 11.3. The quantitative estimate of drug-likeness (QED) is 0.929. The van der Waals surface area contributed by atoms with Crippen LogP contribution in [-0.2, 0) is 14.8 Å². The van der Waals surface area contributed by atoms with Crippen molar-refractivity contribution in [2.75, 3.05) is 12.4 Å². The monoisotopic (exact) mass is 310 g/mol. The third-order valence-corrected chi connectivity index (χ3v) is 5.83. The highest BCUT2D eigenvalue weighted by molar-refractivity contribution is 7.89. The molecular formula is C15H22N2O3S. The maximum Gasteiger partial charge on any atom is 0.243 e. The predicted molar refractivity (Wildman–Crippen MR) is 82.6 cm³/mol. The van der Waals surface area contributed by atoms with Crippen LogP contribution in [0, 0.1) is 0 Å². The molecule has 1 aromatic rings. The van der Waals surface area contributed by atoms with E-state index in [4.69, 9.17) is 0 Å². The lowest BCUT2D eigenvalue weighted by atomic mass is 9.96. The first kappa shape index (κ1) is 16.0. The fraction of sp³-hybridized carbons (Fsp3) is 0.533. The maximum atomic E-state index is 12.7. The van der Waals surface area contributed by atoms with Crippen LogP contribution in [0.2, 0.25) is 0 Å². The van der Waals surface area contributed by atoms with Gasteiger partial charge in [0.1, 0.15) is 0 Å². The van der Waals surface area contributed by atoms with Crippen LogP contribution in [0.15, 0.2) is 29.2 Å². The van der Waals surface area contributed by atoms with Gasteiger partial charge in [0.05, 0.1) is 4.90 Å². The number of hydrogen-bond donors (Lipinski definition) is 1. The Morgan fingerprint density at radius 2 is 1.90 bits per heavy atom. The molecule has 1 saturated carbocycles. The second kappa shape index (κ2) is 6.58. The van der Waals surface area contributed by atoms with Crippen molar-refractivity contribution in [2.45, 2.75) is 50.0 Å². The van der Waals surface area contributed by atoms with Gasteiger partial charge in [-0.05, 0) is 31.0 Å². The minimum absolute atomic E-state index is 0.0770. The summed E-state index contributed by atoms with van der Waals surface area (Å²) in [7, 11) is -1.87. The van der Waals surface area contributed by atoms with Gasteiger partial charge in [0.2, 0.25) is 15.9 Å². The number of sulfonamides is 1. The number of anilines is 1. The summed E-state index contributed by atoms with van der Waals surface area (Å²) in [5, 5.41) is 2.61. The first-order valence-electron chi connectivity index (χ1n) is 7.27. The van der Waals surface area contributed by atoms with Gasteiger partial charge < -0.3 is 5.32 Å². The van der Waals surface area contributed by atoms with Crippen molar-refractivity contribution in [2.24, 2.45) is 0 Å². The number of benzene rings is 1. The van der Waals surface area contributed by atoms with Crippen LogP contribution in [0.4, 0.5) is 5.69 Å². The molecular weight excluding hydrogens is 288 g/mol. The molecule has 0 heterocycles. The highest BCUT2D eigenvalue weighted by atomic mass is 32.2. The molecule has 0 radical (unpaired) electrons. The van der Waals surface area contributed by atoms with E-state index in [1.54, 1.807) is 25.2 Å². The first-order valence-corrected chi connectivity index (χ1v) is 8.71. The van der Waals surface area contributed by atoms with Crippen LogP contribution < -0.4 is 5.32 Å². The Balaban J connectivity index is 2.23. The van der Waals surface area contributed by atoms with Crippen molar-refractivity contribution >= 4 is 21.6 Å². The van der Waals surface area contributed by atoms with Crippen LogP contribution in [-0.4, -0.2) is 31.7 Å². The molecule has 21 heavy (non-hydrogen) atoms. The van der Waals surface area contributed by atoms with Gasteiger partial charge in [-0.2, -0.15) is 4.31 Å². The minimum atomic E-state index is -3.51. The van der Waals surface area contributed by atoms with Gasteiger partial charge in [0.25, 0.3) is 0 Å². The summed E-state index contributed by atoms with van der Waals surface area (Å²) in [6.07, 6.45) is 5.18. The summed E-state index contributed by atoms with van der Waals surface area (Å²) in [6.45, 7) is 1.40. The fourth-order valence-electron chi connectivity index (χ4n) is 2.74. The molecule has 0 unspecified atom stereocenters. The molecule has 6 heteroatoms. The van der Waals surface area contributed by atoms with Crippen molar-refractivity contribution in [1.29, 1.82) is 0 Å². The SMILES string of the molecule is CC(=O)Nc1cccc(S(=O)(=O)N(C)C2CCCCC2)c1. The third-order valence-electron chi connectivity index (χ3n) is 3.92. The van der Waals surface area contributed by atoms with Crippen molar-refractivity contribution in [3.63, 3.8) is 0 Å². The molecule has 0 aliphatic heterocycles. The Morgan fingerprint density at radius 1 is 1.24 bits per heavy atom. The smallest absolute Gasteiger partial charge is 0.243 e. The predicted octanol–water partition coefficient (Wildman–Crippen LogP) is 2.60. The lowest BCUT2D eigenvalue weighted by molar-refractivity contribution is -0.114. The van der Waals surface area contributed by atoms with E-state index in [0.717, 1.165) is 25.7 Å². The van der Waals surface area contributed by atoms with Gasteiger partial charge in [-0.15, -0.1) is 0 Å². The summed E-state index contributed by atoms with van der Waals surface area (Å²) in [6, 6.07) is 6.48. The lowest BCUT2D eigenvalue weighted by Crippen LogP contribution is -2.38. The van der Waals surface area contributed by atoms with E-state index < -0.39 is 10.0 Å². The average Bonchev–Trinajstić information content (AvgIpc) is 2.47. The van der Waals surface area contributed by atoms with Gasteiger partial charge in [-0.1, -0.05) is 25.3 Å². The van der Waals surface area contributed by atoms with Gasteiger partial charge in [0.15, 0.2) is 0 Å². The van der Waals surface area contributed by atoms with Crippen molar-refractivity contribution < 1.29 is 13.2 Å². The highest BCUT2D eigenvalue weighted by Gasteiger charge is 2.29. The average molecular weight is 310 g/mol. The van der Waals surface area contributed by atoms with Gasteiger partial charge >= 0.3 is 0 Å². The molecule has 1 N–H and O–H groups in total. The number of hydrogen-bond acceptors (Lipinski definition) is 3. The molecule has 2 rings (SSSR count). The van der Waals surface area contributed by atoms with Crippen LogP contribution in [0.25, 0.3) is 0 Å². The third kappa shape index (κ3) is 3.83. The number of carbonyl (C=O) groups is 1. The fourth-order valence-corrected chi connectivity index (χ4v) is 4.21. The summed E-state index contributed by atoms with van der Waals surface area (Å²) < 4.78 is 26.9. The molecule has 5 nitrogen and oxygen atoms in total. The molecule has 1 aromatic carbocycles. The molecule has 1 aliphatic rings. The Bertz CT molecular complexity index is 607. The number of nitrogens with one attached hydrogen (secondary N) is 1. The zero-order valence-corrected chi connectivity index (χ0v) is 13.3. The van der Waals surface area contributed by atoms with E-state index in [2.05, 4.69) is 5.32 Å². The Labute approximate surface area is 126 Å². The second-order valence-electron chi connectivity index (χ2n) is 5.52. The van der Waals surface area contributed by atoms with E-state index in [1.165, 1.54) is 23.7 Å². The Morgan fingerprint density at radius 3 is 2.52 bits per heavy atom. The van der Waals surface area contributed by atoms with Crippen LogP contribution >= 0.6 is 0 Å². The Hall–Kier alpha value is -1.40. The van der Waals surface area contributed by atoms with Gasteiger partial charge in [0, 0.05) is 25.7 Å².